The minimum absolute atomic E-state index is 0.00642. The lowest BCUT2D eigenvalue weighted by Crippen LogP contribution is -2.70. The lowest BCUT2D eigenvalue weighted by atomic mass is 9.98. The fourth-order valence-corrected chi connectivity index (χ4v) is 5.51. The van der Waals surface area contributed by atoms with Crippen LogP contribution in [0.3, 0.4) is 0 Å². The van der Waals surface area contributed by atoms with Crippen molar-refractivity contribution in [2.45, 2.75) is 63.4 Å². The summed E-state index contributed by atoms with van der Waals surface area (Å²) in [4.78, 5) is 42.3. The zero-order chi connectivity index (χ0) is 32.2. The SMILES string of the molecule is NCCCC[C@H]1C(=O)N(Cc2ccccc2[N+](=O)[O-])C[C@@H]2N(COCc3cc(C(F)(F)F)cc(C(F)(F)F)c3)CCC(=O)N21. The summed E-state index contributed by atoms with van der Waals surface area (Å²) in [6, 6.07) is 6.26. The van der Waals surface area contributed by atoms with Crippen molar-refractivity contribution in [1.29, 1.82) is 0 Å². The van der Waals surface area contributed by atoms with Gasteiger partial charge < -0.3 is 20.3 Å². The van der Waals surface area contributed by atoms with Crippen LogP contribution in [0.2, 0.25) is 0 Å². The molecule has 0 bridgehead atoms. The maximum absolute atomic E-state index is 13.6. The smallest absolute Gasteiger partial charge is 0.361 e. The molecule has 2 N–H and O–H groups in total. The van der Waals surface area contributed by atoms with E-state index in [1.54, 1.807) is 11.0 Å². The van der Waals surface area contributed by atoms with Crippen LogP contribution in [-0.2, 0) is 39.8 Å². The first kappa shape index (κ1) is 33.1. The molecule has 2 aromatic rings. The minimum Gasteiger partial charge on any atom is -0.361 e. The molecule has 0 aliphatic carbocycles. The Morgan fingerprint density at radius 3 is 2.27 bits per heavy atom. The molecule has 4 rings (SSSR count). The van der Waals surface area contributed by atoms with E-state index in [0.29, 0.717) is 31.5 Å². The normalized spacial score (nSPS) is 19.8. The van der Waals surface area contributed by atoms with Gasteiger partial charge in [0.25, 0.3) is 5.69 Å². The molecule has 0 unspecified atom stereocenters. The highest BCUT2D eigenvalue weighted by Crippen LogP contribution is 2.37. The fraction of sp³-hybridized carbons (Fsp3) is 0.500. The lowest BCUT2D eigenvalue weighted by molar-refractivity contribution is -0.385. The van der Waals surface area contributed by atoms with Crippen molar-refractivity contribution < 1.29 is 45.6 Å². The molecule has 2 aromatic carbocycles. The number of para-hydroxylation sites is 1. The van der Waals surface area contributed by atoms with Gasteiger partial charge in [-0.25, -0.2) is 0 Å². The van der Waals surface area contributed by atoms with Gasteiger partial charge in [0, 0.05) is 24.6 Å². The van der Waals surface area contributed by atoms with E-state index < -0.39 is 53.1 Å². The summed E-state index contributed by atoms with van der Waals surface area (Å²) in [5, 5.41) is 11.6. The fourth-order valence-electron chi connectivity index (χ4n) is 5.51. The van der Waals surface area contributed by atoms with Crippen LogP contribution in [0.1, 0.15) is 47.9 Å². The predicted octanol–water partition coefficient (Wildman–Crippen LogP) is 4.51. The Hall–Kier alpha value is -3.76. The number of carbonyl (C=O) groups is 2. The number of nitro benzene ring substituents is 1. The Labute approximate surface area is 248 Å². The van der Waals surface area contributed by atoms with Crippen LogP contribution >= 0.6 is 0 Å². The number of alkyl halides is 6. The molecule has 2 amide bonds. The van der Waals surface area contributed by atoms with E-state index in [0.717, 1.165) is 0 Å². The number of fused-ring (bicyclic) bond motifs is 1. The summed E-state index contributed by atoms with van der Waals surface area (Å²) < 4.78 is 85.3. The zero-order valence-corrected chi connectivity index (χ0v) is 23.4. The second kappa shape index (κ2) is 13.5. The summed E-state index contributed by atoms with van der Waals surface area (Å²) in [7, 11) is 0. The largest absolute Gasteiger partial charge is 0.416 e. The topological polar surface area (TPSA) is 122 Å². The van der Waals surface area contributed by atoms with Crippen LogP contribution in [0.5, 0.6) is 0 Å². The first-order valence-corrected chi connectivity index (χ1v) is 13.8. The lowest BCUT2D eigenvalue weighted by Gasteiger charge is -2.52. The van der Waals surface area contributed by atoms with Crippen LogP contribution in [0.25, 0.3) is 0 Å². The van der Waals surface area contributed by atoms with Crippen molar-refractivity contribution in [3.8, 4) is 0 Å². The third-order valence-corrected chi connectivity index (χ3v) is 7.61. The predicted molar refractivity (Wildman–Crippen MR) is 143 cm³/mol. The van der Waals surface area contributed by atoms with Crippen molar-refractivity contribution in [3.63, 3.8) is 0 Å². The van der Waals surface area contributed by atoms with E-state index in [-0.39, 0.29) is 68.0 Å². The molecule has 0 spiro atoms. The molecule has 0 aromatic heterocycles. The molecule has 2 aliphatic rings. The number of nitrogens with zero attached hydrogens (tertiary/aromatic N) is 4. The Bertz CT molecular complexity index is 1340. The van der Waals surface area contributed by atoms with Crippen molar-refractivity contribution in [3.05, 3.63) is 74.8 Å². The van der Waals surface area contributed by atoms with Gasteiger partial charge in [-0.05, 0) is 49.6 Å². The van der Waals surface area contributed by atoms with Gasteiger partial charge in [-0.2, -0.15) is 26.3 Å². The maximum Gasteiger partial charge on any atom is 0.416 e. The van der Waals surface area contributed by atoms with Gasteiger partial charge in [-0.15, -0.1) is 0 Å². The van der Waals surface area contributed by atoms with Crippen LogP contribution < -0.4 is 5.73 Å². The molecule has 2 saturated heterocycles. The molecule has 0 saturated carbocycles. The van der Waals surface area contributed by atoms with Crippen molar-refractivity contribution in [2.24, 2.45) is 5.73 Å². The van der Waals surface area contributed by atoms with Gasteiger partial charge in [0.2, 0.25) is 11.8 Å². The van der Waals surface area contributed by atoms with E-state index in [9.17, 15) is 46.0 Å². The summed E-state index contributed by atoms with van der Waals surface area (Å²) in [5.74, 6) is -0.688. The Morgan fingerprint density at radius 2 is 1.66 bits per heavy atom. The van der Waals surface area contributed by atoms with Crippen molar-refractivity contribution in [1.82, 2.24) is 14.7 Å². The number of halogens is 6. The van der Waals surface area contributed by atoms with E-state index in [2.05, 4.69) is 0 Å². The molecule has 16 heteroatoms. The number of carbonyl (C=O) groups excluding carboxylic acids is 2. The Balaban J connectivity index is 1.56. The number of unbranched alkanes of at least 4 members (excludes halogenated alkanes) is 1. The summed E-state index contributed by atoms with van der Waals surface area (Å²) in [6.07, 6.45) is -9.35. The summed E-state index contributed by atoms with van der Waals surface area (Å²) in [6.45, 7) is -0.489. The number of hydrogen-bond acceptors (Lipinski definition) is 7. The van der Waals surface area contributed by atoms with E-state index in [4.69, 9.17) is 10.5 Å². The van der Waals surface area contributed by atoms with Crippen molar-refractivity contribution in [2.75, 3.05) is 26.4 Å². The van der Waals surface area contributed by atoms with Gasteiger partial charge in [-0.3, -0.25) is 24.6 Å². The molecule has 2 heterocycles. The van der Waals surface area contributed by atoms with E-state index in [1.807, 2.05) is 0 Å². The average Bonchev–Trinajstić information content (AvgIpc) is 2.95. The first-order chi connectivity index (χ1) is 20.7. The van der Waals surface area contributed by atoms with Crippen LogP contribution in [0.15, 0.2) is 42.5 Å². The molecule has 2 atom stereocenters. The Morgan fingerprint density at radius 1 is 1.00 bits per heavy atom. The summed E-state index contributed by atoms with van der Waals surface area (Å²) in [5.41, 5.74) is 2.46. The van der Waals surface area contributed by atoms with Gasteiger partial charge >= 0.3 is 12.4 Å². The molecular formula is C28H31F6N5O5. The summed E-state index contributed by atoms with van der Waals surface area (Å²) >= 11 is 0. The average molecular weight is 632 g/mol. The standard InChI is InChI=1S/C28H31F6N5O5/c29-27(30,31)20-11-18(12-21(13-20)28(32,33)34)16-44-17-36-10-8-25(40)38-23(7-3-4-9-35)26(41)37(15-24(36)38)14-19-5-1-2-6-22(19)39(42)43/h1-2,5-6,11-13,23-24H,3-4,7-10,14-17,35H2/t23-,24+/m0/s1. The second-order valence-corrected chi connectivity index (χ2v) is 10.6. The van der Waals surface area contributed by atoms with Gasteiger partial charge in [-0.1, -0.05) is 18.2 Å². The first-order valence-electron chi connectivity index (χ1n) is 13.8. The van der Waals surface area contributed by atoms with E-state index in [1.165, 1.54) is 28.0 Å². The molecule has 44 heavy (non-hydrogen) atoms. The number of piperazine rings is 1. The molecule has 2 fully saturated rings. The third kappa shape index (κ3) is 7.65. The highest BCUT2D eigenvalue weighted by Gasteiger charge is 2.47. The second-order valence-electron chi connectivity index (χ2n) is 10.6. The van der Waals surface area contributed by atoms with Gasteiger partial charge in [0.1, 0.15) is 18.9 Å². The van der Waals surface area contributed by atoms with Crippen LogP contribution in [0.4, 0.5) is 32.0 Å². The number of hydrogen-bond donors (Lipinski definition) is 1. The molecular weight excluding hydrogens is 600 g/mol. The number of nitro groups is 1. The number of benzene rings is 2. The zero-order valence-electron chi connectivity index (χ0n) is 23.4. The number of ether oxygens (including phenoxy) is 1. The van der Waals surface area contributed by atoms with E-state index >= 15 is 0 Å². The molecule has 0 radical (unpaired) electrons. The minimum atomic E-state index is -5.01. The Kier molecular flexibility index (Phi) is 10.2. The molecule has 2 aliphatic heterocycles. The highest BCUT2D eigenvalue weighted by atomic mass is 19.4. The van der Waals surface area contributed by atoms with Gasteiger partial charge in [0.15, 0.2) is 0 Å². The molecule has 240 valence electrons. The maximum atomic E-state index is 13.6. The quantitative estimate of drug-likeness (QED) is 0.168. The number of amides is 2. The monoisotopic (exact) mass is 631 g/mol. The highest BCUT2D eigenvalue weighted by molar-refractivity contribution is 5.89. The number of rotatable bonds is 11. The van der Waals surface area contributed by atoms with Crippen LogP contribution in [0, 0.1) is 10.1 Å². The number of nitrogens with two attached hydrogens (primary N) is 1. The van der Waals surface area contributed by atoms with Crippen molar-refractivity contribution >= 4 is 17.5 Å². The van der Waals surface area contributed by atoms with Crippen LogP contribution in [-0.4, -0.2) is 70.0 Å². The van der Waals surface area contributed by atoms with Gasteiger partial charge in [0.05, 0.1) is 35.7 Å². The third-order valence-electron chi connectivity index (χ3n) is 7.61. The molecule has 10 nitrogen and oxygen atoms in total.